The van der Waals surface area contributed by atoms with Crippen LogP contribution in [0.5, 0.6) is 0 Å². The maximum atomic E-state index is 2.76. The molecule has 36 heavy (non-hydrogen) atoms. The van der Waals surface area contributed by atoms with Crippen LogP contribution in [0.3, 0.4) is 0 Å². The van der Waals surface area contributed by atoms with Gasteiger partial charge in [0.05, 0.1) is 20.0 Å². The summed E-state index contributed by atoms with van der Waals surface area (Å²) in [5.74, 6) is 0. The number of unbranched alkanes of at least 4 members (excludes halogenated alkanes) is 21. The smallest absolute Gasteiger partial charge is 0.0529 e. The molecule has 1 aliphatic heterocycles. The SMILES string of the molecule is CCCCCCCCCCN1CN(CCCCCCCCCC)CN(CCCCCCCCCC)C1. The molecule has 1 fully saturated rings. The lowest BCUT2D eigenvalue weighted by Gasteiger charge is -2.42. The van der Waals surface area contributed by atoms with Crippen molar-refractivity contribution < 1.29 is 0 Å². The molecule has 0 amide bonds. The van der Waals surface area contributed by atoms with E-state index in [1.807, 2.05) is 0 Å². The fourth-order valence-electron chi connectivity index (χ4n) is 5.81. The van der Waals surface area contributed by atoms with Crippen LogP contribution in [-0.2, 0) is 0 Å². The van der Waals surface area contributed by atoms with Crippen molar-refractivity contribution in [1.82, 2.24) is 14.7 Å². The zero-order valence-electron chi connectivity index (χ0n) is 25.6. The first-order chi connectivity index (χ1) is 17.8. The van der Waals surface area contributed by atoms with Crippen molar-refractivity contribution in [3.63, 3.8) is 0 Å². The number of nitrogens with zero attached hydrogens (tertiary/aromatic N) is 3. The predicted molar refractivity (Wildman–Crippen MR) is 163 cm³/mol. The lowest BCUT2D eigenvalue weighted by Crippen LogP contribution is -2.55. The van der Waals surface area contributed by atoms with E-state index >= 15 is 0 Å². The third kappa shape index (κ3) is 20.9. The summed E-state index contributed by atoms with van der Waals surface area (Å²) in [4.78, 5) is 8.28. The van der Waals surface area contributed by atoms with Crippen molar-refractivity contribution in [1.29, 1.82) is 0 Å². The van der Waals surface area contributed by atoms with Gasteiger partial charge in [-0.2, -0.15) is 0 Å². The van der Waals surface area contributed by atoms with E-state index in [9.17, 15) is 0 Å². The van der Waals surface area contributed by atoms with Gasteiger partial charge >= 0.3 is 0 Å². The standard InChI is InChI=1S/C33H69N3/c1-4-7-10-13-16-19-22-25-28-34-31-35(29-26-23-20-17-14-11-8-5-2)33-36(32-34)30-27-24-21-18-15-12-9-6-3/h4-33H2,1-3H3. The minimum atomic E-state index is 1.21. The summed E-state index contributed by atoms with van der Waals surface area (Å²) in [5.41, 5.74) is 0. The van der Waals surface area contributed by atoms with Crippen LogP contribution < -0.4 is 0 Å². The van der Waals surface area contributed by atoms with Gasteiger partial charge in [0.15, 0.2) is 0 Å². The monoisotopic (exact) mass is 508 g/mol. The van der Waals surface area contributed by atoms with Gasteiger partial charge < -0.3 is 0 Å². The molecule has 3 heteroatoms. The lowest BCUT2D eigenvalue weighted by molar-refractivity contribution is -0.0312. The van der Waals surface area contributed by atoms with E-state index < -0.39 is 0 Å². The van der Waals surface area contributed by atoms with Gasteiger partial charge in [0.1, 0.15) is 0 Å². The Morgan fingerprint density at radius 1 is 0.278 bits per heavy atom. The number of hydrogen-bond donors (Lipinski definition) is 0. The molecule has 0 aromatic heterocycles. The van der Waals surface area contributed by atoms with Crippen LogP contribution in [0.2, 0.25) is 0 Å². The van der Waals surface area contributed by atoms with Crippen LogP contribution in [0.15, 0.2) is 0 Å². The maximum absolute atomic E-state index is 2.76. The highest BCUT2D eigenvalue weighted by atomic mass is 15.5. The summed E-state index contributed by atoms with van der Waals surface area (Å²) in [6.07, 6.45) is 34.2. The Morgan fingerprint density at radius 2 is 0.472 bits per heavy atom. The molecule has 0 unspecified atom stereocenters. The van der Waals surface area contributed by atoms with E-state index in [0.29, 0.717) is 0 Å². The highest BCUT2D eigenvalue weighted by molar-refractivity contribution is 4.70. The molecule has 1 heterocycles. The summed E-state index contributed by atoms with van der Waals surface area (Å²) < 4.78 is 0. The molecule has 0 bridgehead atoms. The van der Waals surface area contributed by atoms with Gasteiger partial charge in [0.25, 0.3) is 0 Å². The highest BCUT2D eigenvalue weighted by Crippen LogP contribution is 2.15. The molecule has 0 aromatic rings. The van der Waals surface area contributed by atoms with Crippen molar-refractivity contribution >= 4 is 0 Å². The summed E-state index contributed by atoms with van der Waals surface area (Å²) in [5, 5.41) is 0. The second kappa shape index (κ2) is 26.5. The van der Waals surface area contributed by atoms with Crippen molar-refractivity contribution in [2.45, 2.75) is 175 Å². The average Bonchev–Trinajstić information content (AvgIpc) is 2.89. The molecule has 0 aliphatic carbocycles. The predicted octanol–water partition coefficient (Wildman–Crippen LogP) is 10.2. The normalized spacial score (nSPS) is 15.8. The Balaban J connectivity index is 2.26. The molecule has 0 saturated carbocycles. The van der Waals surface area contributed by atoms with Gasteiger partial charge in [-0.3, -0.25) is 14.7 Å². The Bertz CT molecular complexity index is 359. The topological polar surface area (TPSA) is 9.72 Å². The molecular weight excluding hydrogens is 438 g/mol. The van der Waals surface area contributed by atoms with E-state index in [2.05, 4.69) is 35.5 Å². The molecule has 0 N–H and O–H groups in total. The molecule has 1 saturated heterocycles. The molecular formula is C33H69N3. The summed E-state index contributed by atoms with van der Waals surface area (Å²) in [6, 6.07) is 0. The fraction of sp³-hybridized carbons (Fsp3) is 1.00. The van der Waals surface area contributed by atoms with E-state index in [1.165, 1.54) is 194 Å². The second-order valence-electron chi connectivity index (χ2n) is 12.0. The van der Waals surface area contributed by atoms with Gasteiger partial charge in [-0.1, -0.05) is 156 Å². The zero-order chi connectivity index (χ0) is 25.9. The van der Waals surface area contributed by atoms with Crippen LogP contribution in [0.25, 0.3) is 0 Å². The number of hydrogen-bond acceptors (Lipinski definition) is 3. The van der Waals surface area contributed by atoms with Crippen LogP contribution in [-0.4, -0.2) is 54.3 Å². The van der Waals surface area contributed by atoms with Crippen LogP contribution in [0.1, 0.15) is 175 Å². The minimum absolute atomic E-state index is 1.21. The Hall–Kier alpha value is -0.120. The van der Waals surface area contributed by atoms with Crippen molar-refractivity contribution in [3.05, 3.63) is 0 Å². The first kappa shape index (κ1) is 33.9. The van der Waals surface area contributed by atoms with Crippen molar-refractivity contribution in [3.8, 4) is 0 Å². The summed E-state index contributed by atoms with van der Waals surface area (Å²) in [7, 11) is 0. The van der Waals surface area contributed by atoms with Crippen molar-refractivity contribution in [2.24, 2.45) is 0 Å². The zero-order valence-corrected chi connectivity index (χ0v) is 25.6. The largest absolute Gasteiger partial charge is 0.277 e. The van der Waals surface area contributed by atoms with E-state index in [-0.39, 0.29) is 0 Å². The summed E-state index contributed by atoms with van der Waals surface area (Å²) in [6.45, 7) is 14.5. The molecule has 0 atom stereocenters. The Kier molecular flexibility index (Phi) is 24.9. The van der Waals surface area contributed by atoms with Crippen LogP contribution in [0.4, 0.5) is 0 Å². The van der Waals surface area contributed by atoms with Crippen LogP contribution >= 0.6 is 0 Å². The van der Waals surface area contributed by atoms with Gasteiger partial charge in [-0.25, -0.2) is 0 Å². The quantitative estimate of drug-likeness (QED) is 0.102. The van der Waals surface area contributed by atoms with E-state index in [1.54, 1.807) is 0 Å². The molecule has 0 aromatic carbocycles. The van der Waals surface area contributed by atoms with Gasteiger partial charge in [-0.05, 0) is 19.3 Å². The fourth-order valence-corrected chi connectivity index (χ4v) is 5.81. The first-order valence-electron chi connectivity index (χ1n) is 17.0. The molecule has 1 rings (SSSR count). The second-order valence-corrected chi connectivity index (χ2v) is 12.0. The average molecular weight is 508 g/mol. The minimum Gasteiger partial charge on any atom is -0.277 e. The van der Waals surface area contributed by atoms with E-state index in [4.69, 9.17) is 0 Å². The van der Waals surface area contributed by atoms with Crippen molar-refractivity contribution in [2.75, 3.05) is 39.6 Å². The third-order valence-electron chi connectivity index (χ3n) is 8.18. The van der Waals surface area contributed by atoms with Gasteiger partial charge in [-0.15, -0.1) is 0 Å². The molecule has 216 valence electrons. The summed E-state index contributed by atoms with van der Waals surface area (Å²) >= 11 is 0. The molecule has 0 radical (unpaired) electrons. The highest BCUT2D eigenvalue weighted by Gasteiger charge is 2.22. The molecule has 1 aliphatic rings. The van der Waals surface area contributed by atoms with Gasteiger partial charge in [0.2, 0.25) is 0 Å². The van der Waals surface area contributed by atoms with E-state index in [0.717, 1.165) is 0 Å². The molecule has 0 spiro atoms. The lowest BCUT2D eigenvalue weighted by atomic mass is 10.1. The third-order valence-corrected chi connectivity index (χ3v) is 8.18. The Morgan fingerprint density at radius 3 is 0.694 bits per heavy atom. The van der Waals surface area contributed by atoms with Crippen LogP contribution in [0, 0.1) is 0 Å². The van der Waals surface area contributed by atoms with Gasteiger partial charge in [0, 0.05) is 19.6 Å². The maximum Gasteiger partial charge on any atom is 0.0529 e. The Labute approximate surface area is 229 Å². The first-order valence-corrected chi connectivity index (χ1v) is 17.0. The number of rotatable bonds is 27. The molecule has 3 nitrogen and oxygen atoms in total.